The van der Waals surface area contributed by atoms with Crippen molar-refractivity contribution in [3.8, 4) is 0 Å². The third-order valence-electron chi connectivity index (χ3n) is 1.15. The Morgan fingerprint density at radius 3 is 2.30 bits per heavy atom. The first-order chi connectivity index (χ1) is 4.52. The molecular weight excluding hydrogens is 147 g/mol. The Bertz CT molecular complexity index is 184. The van der Waals surface area contributed by atoms with Gasteiger partial charge in [0.15, 0.2) is 5.92 Å². The molecule has 1 amide bonds. The minimum absolute atomic E-state index is 0.794. The van der Waals surface area contributed by atoms with Gasteiger partial charge in [0.2, 0.25) is 5.91 Å². The van der Waals surface area contributed by atoms with Crippen molar-refractivity contribution < 1.29 is 18.0 Å². The third-order valence-corrected chi connectivity index (χ3v) is 1.15. The molecule has 0 spiro atoms. The van der Waals surface area contributed by atoms with Crippen LogP contribution in [0.25, 0.3) is 0 Å². The van der Waals surface area contributed by atoms with E-state index in [4.69, 9.17) is 0 Å². The maximum Gasteiger partial charge on any atom is 0.403 e. The number of amides is 1. The number of nitrogens with one attached hydrogen (secondary N) is 1. The second-order valence-electron chi connectivity index (χ2n) is 1.89. The van der Waals surface area contributed by atoms with E-state index in [1.165, 1.54) is 0 Å². The van der Waals surface area contributed by atoms with Gasteiger partial charge in [-0.1, -0.05) is 0 Å². The Balaban J connectivity index is 2.73. The number of alkyl halides is 3. The number of hydrogen-bond donors (Lipinski definition) is 1. The van der Waals surface area contributed by atoms with Crippen molar-refractivity contribution in [2.24, 2.45) is 5.92 Å². The molecule has 0 radical (unpaired) electrons. The van der Waals surface area contributed by atoms with Crippen LogP contribution in [0.3, 0.4) is 0 Å². The van der Waals surface area contributed by atoms with Crippen LogP contribution in [0.1, 0.15) is 0 Å². The van der Waals surface area contributed by atoms with E-state index in [9.17, 15) is 18.0 Å². The highest BCUT2D eigenvalue weighted by Crippen LogP contribution is 2.28. The van der Waals surface area contributed by atoms with Crippen LogP contribution in [0.2, 0.25) is 0 Å². The van der Waals surface area contributed by atoms with Crippen LogP contribution in [-0.2, 0) is 4.79 Å². The molecule has 0 fully saturated rings. The van der Waals surface area contributed by atoms with Gasteiger partial charge in [0.05, 0.1) is 0 Å². The van der Waals surface area contributed by atoms with E-state index in [0.717, 1.165) is 12.3 Å². The summed E-state index contributed by atoms with van der Waals surface area (Å²) in [4.78, 5) is 10.3. The molecule has 0 bridgehead atoms. The predicted octanol–water partition coefficient (Wildman–Crippen LogP) is 0.808. The molecule has 0 aliphatic carbocycles. The molecule has 0 aromatic carbocycles. The fourth-order valence-corrected chi connectivity index (χ4v) is 0.661. The van der Waals surface area contributed by atoms with E-state index >= 15 is 0 Å². The zero-order valence-electron chi connectivity index (χ0n) is 4.77. The summed E-state index contributed by atoms with van der Waals surface area (Å²) >= 11 is 0. The fourth-order valence-electron chi connectivity index (χ4n) is 0.661. The maximum atomic E-state index is 11.7. The first-order valence-corrected chi connectivity index (χ1v) is 2.55. The Labute approximate surface area is 54.7 Å². The van der Waals surface area contributed by atoms with Crippen LogP contribution in [-0.4, -0.2) is 12.1 Å². The Hall–Kier alpha value is -1.00. The summed E-state index contributed by atoms with van der Waals surface area (Å²) in [7, 11) is 0. The van der Waals surface area contributed by atoms with Crippen LogP contribution in [0.5, 0.6) is 0 Å². The van der Waals surface area contributed by atoms with Crippen LogP contribution < -0.4 is 5.32 Å². The van der Waals surface area contributed by atoms with Crippen LogP contribution in [0, 0.1) is 5.92 Å². The summed E-state index contributed by atoms with van der Waals surface area (Å²) in [5, 5.41) is 1.94. The van der Waals surface area contributed by atoms with Gasteiger partial charge in [-0.2, -0.15) is 13.2 Å². The van der Waals surface area contributed by atoms with Gasteiger partial charge < -0.3 is 5.32 Å². The molecule has 1 aliphatic heterocycles. The van der Waals surface area contributed by atoms with Crippen molar-refractivity contribution in [1.82, 2.24) is 5.32 Å². The van der Waals surface area contributed by atoms with Gasteiger partial charge in [0.25, 0.3) is 0 Å². The molecule has 56 valence electrons. The van der Waals surface area contributed by atoms with Gasteiger partial charge in [-0.3, -0.25) is 4.79 Å². The molecule has 2 nitrogen and oxygen atoms in total. The van der Waals surface area contributed by atoms with E-state index in [1.807, 2.05) is 5.32 Å². The number of carbonyl (C=O) groups excluding carboxylic acids is 1. The topological polar surface area (TPSA) is 29.1 Å². The van der Waals surface area contributed by atoms with Crippen molar-refractivity contribution in [3.05, 3.63) is 12.3 Å². The molecule has 10 heavy (non-hydrogen) atoms. The zero-order chi connectivity index (χ0) is 7.78. The molecule has 1 rings (SSSR count). The number of rotatable bonds is 0. The van der Waals surface area contributed by atoms with E-state index in [2.05, 4.69) is 0 Å². The van der Waals surface area contributed by atoms with E-state index in [1.54, 1.807) is 0 Å². The Kier molecular flexibility index (Phi) is 1.42. The zero-order valence-corrected chi connectivity index (χ0v) is 4.77. The van der Waals surface area contributed by atoms with Gasteiger partial charge in [0.1, 0.15) is 0 Å². The summed E-state index contributed by atoms with van der Waals surface area (Å²) in [6.07, 6.45) is -2.65. The molecular formula is C5H4F3NO. The number of halogens is 3. The molecule has 0 saturated heterocycles. The van der Waals surface area contributed by atoms with Gasteiger partial charge in [-0.15, -0.1) is 0 Å². The lowest BCUT2D eigenvalue weighted by molar-refractivity contribution is -0.170. The first kappa shape index (κ1) is 7.11. The minimum Gasteiger partial charge on any atom is -0.332 e. The molecule has 1 heterocycles. The summed E-state index contributed by atoms with van der Waals surface area (Å²) in [6, 6.07) is 0. The van der Waals surface area contributed by atoms with Crippen LogP contribution in [0.4, 0.5) is 13.2 Å². The van der Waals surface area contributed by atoms with E-state index in [0.29, 0.717) is 0 Å². The normalized spacial score (nSPS) is 25.1. The van der Waals surface area contributed by atoms with Crippen molar-refractivity contribution in [1.29, 1.82) is 0 Å². The quantitative estimate of drug-likeness (QED) is 0.545. The molecule has 0 saturated carbocycles. The predicted molar refractivity (Wildman–Crippen MR) is 26.8 cm³/mol. The molecule has 1 aliphatic rings. The highest BCUT2D eigenvalue weighted by Gasteiger charge is 2.44. The van der Waals surface area contributed by atoms with E-state index < -0.39 is 18.0 Å². The lowest BCUT2D eigenvalue weighted by atomic mass is 10.1. The molecule has 5 heteroatoms. The summed E-state index contributed by atoms with van der Waals surface area (Å²) in [5.74, 6) is -2.96. The molecule has 0 aromatic heterocycles. The van der Waals surface area contributed by atoms with Crippen molar-refractivity contribution >= 4 is 5.91 Å². The van der Waals surface area contributed by atoms with Crippen molar-refractivity contribution in [2.45, 2.75) is 6.18 Å². The van der Waals surface area contributed by atoms with E-state index in [-0.39, 0.29) is 0 Å². The average Bonchev–Trinajstić information content (AvgIpc) is 2.11. The highest BCUT2D eigenvalue weighted by molar-refractivity contribution is 5.84. The SMILES string of the molecule is O=C1NC=CC1C(F)(F)F. The summed E-state index contributed by atoms with van der Waals surface area (Å²) in [5.41, 5.74) is 0. The number of hydrogen-bond acceptors (Lipinski definition) is 1. The van der Waals surface area contributed by atoms with Gasteiger partial charge >= 0.3 is 6.18 Å². The average molecular weight is 151 g/mol. The second-order valence-corrected chi connectivity index (χ2v) is 1.89. The number of carbonyl (C=O) groups is 1. The van der Waals surface area contributed by atoms with Crippen molar-refractivity contribution in [3.63, 3.8) is 0 Å². The minimum atomic E-state index is -4.45. The fraction of sp³-hybridized carbons (Fsp3) is 0.400. The largest absolute Gasteiger partial charge is 0.403 e. The monoisotopic (exact) mass is 151 g/mol. The van der Waals surface area contributed by atoms with Gasteiger partial charge in [-0.05, 0) is 6.08 Å². The highest BCUT2D eigenvalue weighted by atomic mass is 19.4. The molecule has 1 atom stereocenters. The van der Waals surface area contributed by atoms with Crippen LogP contribution in [0.15, 0.2) is 12.3 Å². The van der Waals surface area contributed by atoms with Crippen molar-refractivity contribution in [2.75, 3.05) is 0 Å². The smallest absolute Gasteiger partial charge is 0.332 e. The summed E-state index contributed by atoms with van der Waals surface area (Å²) < 4.78 is 35.1. The standard InChI is InChI=1S/C5H4F3NO/c6-5(7,8)3-1-2-9-4(3)10/h1-3H,(H,9,10). The Morgan fingerprint density at radius 2 is 2.10 bits per heavy atom. The summed E-state index contributed by atoms with van der Waals surface area (Å²) in [6.45, 7) is 0. The lowest BCUT2D eigenvalue weighted by Gasteiger charge is -2.09. The van der Waals surface area contributed by atoms with Crippen LogP contribution >= 0.6 is 0 Å². The lowest BCUT2D eigenvalue weighted by Crippen LogP contribution is -2.31. The van der Waals surface area contributed by atoms with Gasteiger partial charge in [0, 0.05) is 6.20 Å². The maximum absolute atomic E-state index is 11.7. The first-order valence-electron chi connectivity index (χ1n) is 2.55. The molecule has 0 aromatic rings. The third kappa shape index (κ3) is 1.12. The van der Waals surface area contributed by atoms with Gasteiger partial charge in [-0.25, -0.2) is 0 Å². The molecule has 1 N–H and O–H groups in total. The second kappa shape index (κ2) is 2.00. The Morgan fingerprint density at radius 1 is 1.50 bits per heavy atom. The molecule has 1 unspecified atom stereocenters.